The third-order valence-electron chi connectivity index (χ3n) is 5.07. The Hall–Kier alpha value is -2.70. The van der Waals surface area contributed by atoms with E-state index in [2.05, 4.69) is 25.5 Å². The first-order valence-electron chi connectivity index (χ1n) is 9.96. The van der Waals surface area contributed by atoms with Gasteiger partial charge in [-0.1, -0.05) is 18.2 Å². The molecule has 2 heterocycles. The molecule has 3 rings (SSSR count). The quantitative estimate of drug-likeness (QED) is 0.729. The van der Waals surface area contributed by atoms with Crippen molar-refractivity contribution in [3.63, 3.8) is 0 Å². The molecular formula is C21H28FN5O. The van der Waals surface area contributed by atoms with Gasteiger partial charge in [0, 0.05) is 44.2 Å². The number of piperidine rings is 1. The molecule has 1 saturated heterocycles. The molecule has 2 aromatic rings. The van der Waals surface area contributed by atoms with Crippen LogP contribution in [0, 0.1) is 11.7 Å². The fourth-order valence-corrected chi connectivity index (χ4v) is 3.57. The lowest BCUT2D eigenvalue weighted by molar-refractivity contribution is -0.121. The van der Waals surface area contributed by atoms with Crippen molar-refractivity contribution in [2.24, 2.45) is 5.92 Å². The molecule has 28 heavy (non-hydrogen) atoms. The Morgan fingerprint density at radius 3 is 3.00 bits per heavy atom. The SMILES string of the molecule is CCNc1cc(N2CCCC(CCC(=O)NCc3ccccc3F)C2)ncn1. The molecule has 2 N–H and O–H groups in total. The fourth-order valence-electron chi connectivity index (χ4n) is 3.57. The van der Waals surface area contributed by atoms with Crippen molar-refractivity contribution in [1.29, 1.82) is 0 Å². The maximum atomic E-state index is 13.6. The molecule has 1 aliphatic rings. The summed E-state index contributed by atoms with van der Waals surface area (Å²) in [5.74, 6) is 1.90. The number of hydrogen-bond acceptors (Lipinski definition) is 5. The number of nitrogens with one attached hydrogen (secondary N) is 2. The van der Waals surface area contributed by atoms with E-state index in [1.807, 2.05) is 13.0 Å². The first kappa shape index (κ1) is 20.0. The molecule has 7 heteroatoms. The van der Waals surface area contributed by atoms with Crippen molar-refractivity contribution < 1.29 is 9.18 Å². The molecule has 0 spiro atoms. The number of aromatic nitrogens is 2. The topological polar surface area (TPSA) is 70.2 Å². The highest BCUT2D eigenvalue weighted by atomic mass is 19.1. The predicted octanol–water partition coefficient (Wildman–Crippen LogP) is 3.36. The van der Waals surface area contributed by atoms with Crippen molar-refractivity contribution in [3.8, 4) is 0 Å². The minimum absolute atomic E-state index is 0.0307. The Morgan fingerprint density at radius 2 is 2.18 bits per heavy atom. The monoisotopic (exact) mass is 385 g/mol. The van der Waals surface area contributed by atoms with Gasteiger partial charge in [0.25, 0.3) is 0 Å². The lowest BCUT2D eigenvalue weighted by atomic mass is 9.93. The lowest BCUT2D eigenvalue weighted by Crippen LogP contribution is -2.36. The molecule has 0 aliphatic carbocycles. The highest BCUT2D eigenvalue weighted by molar-refractivity contribution is 5.75. The Kier molecular flexibility index (Phi) is 7.17. The number of amides is 1. The van der Waals surface area contributed by atoms with Crippen molar-refractivity contribution in [3.05, 3.63) is 48.0 Å². The van der Waals surface area contributed by atoms with Crippen LogP contribution in [0.4, 0.5) is 16.0 Å². The average Bonchev–Trinajstić information content (AvgIpc) is 2.72. The first-order chi connectivity index (χ1) is 13.7. The molecule has 1 fully saturated rings. The summed E-state index contributed by atoms with van der Waals surface area (Å²) in [7, 11) is 0. The van der Waals surface area contributed by atoms with Gasteiger partial charge in [-0.05, 0) is 38.2 Å². The van der Waals surface area contributed by atoms with Crippen molar-refractivity contribution in [1.82, 2.24) is 15.3 Å². The van der Waals surface area contributed by atoms with Gasteiger partial charge in [-0.3, -0.25) is 4.79 Å². The second-order valence-corrected chi connectivity index (χ2v) is 7.15. The number of halogens is 1. The van der Waals surface area contributed by atoms with Gasteiger partial charge in [0.05, 0.1) is 0 Å². The Bertz CT molecular complexity index is 785. The summed E-state index contributed by atoms with van der Waals surface area (Å²) in [6, 6.07) is 8.50. The van der Waals surface area contributed by atoms with E-state index in [4.69, 9.17) is 0 Å². The zero-order valence-corrected chi connectivity index (χ0v) is 16.3. The van der Waals surface area contributed by atoms with Crippen LogP contribution in [0.5, 0.6) is 0 Å². The minimum atomic E-state index is -0.285. The zero-order valence-electron chi connectivity index (χ0n) is 16.3. The minimum Gasteiger partial charge on any atom is -0.370 e. The van der Waals surface area contributed by atoms with Crippen molar-refractivity contribution >= 4 is 17.5 Å². The summed E-state index contributed by atoms with van der Waals surface area (Å²) in [4.78, 5) is 23.1. The highest BCUT2D eigenvalue weighted by Gasteiger charge is 2.22. The van der Waals surface area contributed by atoms with E-state index in [-0.39, 0.29) is 18.3 Å². The molecule has 0 saturated carbocycles. The van der Waals surface area contributed by atoms with Crippen molar-refractivity contribution in [2.45, 2.75) is 39.2 Å². The standard InChI is InChI=1S/C21H28FN5O/c1-2-23-19-12-20(26-15-25-19)27-11-5-6-16(14-27)9-10-21(28)24-13-17-7-3-4-8-18(17)22/h3-4,7-8,12,15-16H,2,5-6,9-11,13-14H2,1H3,(H,24,28)(H,23,25,26). The van der Waals surface area contributed by atoms with E-state index in [1.54, 1.807) is 24.5 Å². The molecule has 6 nitrogen and oxygen atoms in total. The largest absolute Gasteiger partial charge is 0.370 e. The van der Waals surface area contributed by atoms with Gasteiger partial charge in [-0.25, -0.2) is 14.4 Å². The number of rotatable bonds is 8. The zero-order chi connectivity index (χ0) is 19.8. The Balaban J connectivity index is 1.46. The normalized spacial score (nSPS) is 16.6. The average molecular weight is 385 g/mol. The maximum absolute atomic E-state index is 13.6. The molecule has 1 aromatic carbocycles. The van der Waals surface area contributed by atoms with Gasteiger partial charge in [0.1, 0.15) is 23.8 Å². The number of nitrogens with zero attached hydrogens (tertiary/aromatic N) is 3. The molecule has 1 amide bonds. The molecular weight excluding hydrogens is 357 g/mol. The predicted molar refractivity (Wildman–Crippen MR) is 109 cm³/mol. The molecule has 0 radical (unpaired) electrons. The smallest absolute Gasteiger partial charge is 0.220 e. The number of carbonyl (C=O) groups excluding carboxylic acids is 1. The van der Waals surface area contributed by atoms with E-state index >= 15 is 0 Å². The van der Waals surface area contributed by atoms with Crippen LogP contribution in [0.25, 0.3) is 0 Å². The molecule has 0 bridgehead atoms. The van der Waals surface area contributed by atoms with Gasteiger partial charge < -0.3 is 15.5 Å². The van der Waals surface area contributed by atoms with Crippen molar-refractivity contribution in [2.75, 3.05) is 29.9 Å². The summed E-state index contributed by atoms with van der Waals surface area (Å²) in [6.07, 6.45) is 5.07. The van der Waals surface area contributed by atoms with E-state index in [9.17, 15) is 9.18 Å². The van der Waals surface area contributed by atoms with Crippen LogP contribution in [0.3, 0.4) is 0 Å². The number of carbonyl (C=O) groups is 1. The Morgan fingerprint density at radius 1 is 1.32 bits per heavy atom. The molecule has 1 unspecified atom stereocenters. The third kappa shape index (κ3) is 5.65. The van der Waals surface area contributed by atoms with Crippen LogP contribution in [0.2, 0.25) is 0 Å². The van der Waals surface area contributed by atoms with Crippen LogP contribution in [-0.4, -0.2) is 35.5 Å². The van der Waals surface area contributed by atoms with Gasteiger partial charge >= 0.3 is 0 Å². The molecule has 1 aromatic heterocycles. The van der Waals surface area contributed by atoms with Crippen LogP contribution in [0.15, 0.2) is 36.7 Å². The molecule has 1 atom stereocenters. The first-order valence-corrected chi connectivity index (χ1v) is 9.96. The third-order valence-corrected chi connectivity index (χ3v) is 5.07. The van der Waals surface area contributed by atoms with Gasteiger partial charge in [-0.15, -0.1) is 0 Å². The molecule has 150 valence electrons. The lowest BCUT2D eigenvalue weighted by Gasteiger charge is -2.33. The number of benzene rings is 1. The van der Waals surface area contributed by atoms with E-state index in [0.717, 1.165) is 50.5 Å². The summed E-state index contributed by atoms with van der Waals surface area (Å²) >= 11 is 0. The van der Waals surface area contributed by atoms with Crippen LogP contribution in [0.1, 0.15) is 38.2 Å². The van der Waals surface area contributed by atoms with E-state index in [0.29, 0.717) is 17.9 Å². The van der Waals surface area contributed by atoms with Crippen LogP contribution >= 0.6 is 0 Å². The van der Waals surface area contributed by atoms with E-state index in [1.165, 1.54) is 6.07 Å². The summed E-state index contributed by atoms with van der Waals surface area (Å²) < 4.78 is 13.6. The number of hydrogen-bond donors (Lipinski definition) is 2. The summed E-state index contributed by atoms with van der Waals surface area (Å²) in [6.45, 7) is 4.95. The highest BCUT2D eigenvalue weighted by Crippen LogP contribution is 2.25. The second kappa shape index (κ2) is 10.0. The van der Waals surface area contributed by atoms with Crippen LogP contribution < -0.4 is 15.5 Å². The van der Waals surface area contributed by atoms with Crippen LogP contribution in [-0.2, 0) is 11.3 Å². The van der Waals surface area contributed by atoms with Gasteiger partial charge in [0.15, 0.2) is 0 Å². The van der Waals surface area contributed by atoms with Gasteiger partial charge in [-0.2, -0.15) is 0 Å². The van der Waals surface area contributed by atoms with E-state index < -0.39 is 0 Å². The fraction of sp³-hybridized carbons (Fsp3) is 0.476. The number of anilines is 2. The molecule has 1 aliphatic heterocycles. The Labute approximate surface area is 165 Å². The maximum Gasteiger partial charge on any atom is 0.220 e. The summed E-state index contributed by atoms with van der Waals surface area (Å²) in [5, 5.41) is 6.03. The van der Waals surface area contributed by atoms with Gasteiger partial charge in [0.2, 0.25) is 5.91 Å². The second-order valence-electron chi connectivity index (χ2n) is 7.15. The summed E-state index contributed by atoms with van der Waals surface area (Å²) in [5.41, 5.74) is 0.514.